The molecule has 0 radical (unpaired) electrons. The normalized spacial score (nSPS) is 11.3. The third-order valence-electron chi connectivity index (χ3n) is 2.72. The van der Waals surface area contributed by atoms with Gasteiger partial charge in [0.15, 0.2) is 0 Å². The van der Waals surface area contributed by atoms with E-state index in [2.05, 4.69) is 11.8 Å². The van der Waals surface area contributed by atoms with Crippen molar-refractivity contribution in [3.05, 3.63) is 29.6 Å². The Hall–Kier alpha value is -1.46. The molecule has 1 aromatic carbocycles. The van der Waals surface area contributed by atoms with Crippen LogP contribution in [0.4, 0.5) is 4.39 Å². The quantitative estimate of drug-likeness (QED) is 0.752. The number of sulfonamides is 1. The van der Waals surface area contributed by atoms with Crippen molar-refractivity contribution in [2.75, 3.05) is 26.3 Å². The predicted molar refractivity (Wildman–Crippen MR) is 76.5 cm³/mol. The van der Waals surface area contributed by atoms with Crippen LogP contribution in [0.3, 0.4) is 0 Å². The van der Waals surface area contributed by atoms with E-state index in [1.807, 2.05) is 0 Å². The van der Waals surface area contributed by atoms with Crippen molar-refractivity contribution in [3.63, 3.8) is 0 Å². The van der Waals surface area contributed by atoms with E-state index in [1.54, 1.807) is 6.92 Å². The molecule has 5 nitrogen and oxygen atoms in total. The molecule has 21 heavy (non-hydrogen) atoms. The maximum atomic E-state index is 14.0. The molecular formula is C14H18FNO4S. The van der Waals surface area contributed by atoms with Gasteiger partial charge in [0.05, 0.1) is 13.2 Å². The largest absolute Gasteiger partial charge is 0.395 e. The molecule has 0 saturated heterocycles. The van der Waals surface area contributed by atoms with Crippen LogP contribution in [0, 0.1) is 17.7 Å². The summed E-state index contributed by atoms with van der Waals surface area (Å²) >= 11 is 0. The molecule has 1 aromatic rings. The molecule has 0 saturated carbocycles. The highest BCUT2D eigenvalue weighted by atomic mass is 32.2. The van der Waals surface area contributed by atoms with Crippen LogP contribution in [-0.2, 0) is 10.0 Å². The first-order valence-electron chi connectivity index (χ1n) is 6.47. The average Bonchev–Trinajstić information content (AvgIpc) is 2.44. The number of likely N-dealkylation sites (N-methyl/N-ethyl adjacent to an activating group) is 1. The van der Waals surface area contributed by atoms with E-state index in [-0.39, 0.29) is 32.7 Å². The summed E-state index contributed by atoms with van der Waals surface area (Å²) in [7, 11) is -3.98. The number of aliphatic hydroxyl groups is 2. The van der Waals surface area contributed by atoms with Crippen molar-refractivity contribution in [1.82, 2.24) is 4.31 Å². The Morgan fingerprint density at radius 1 is 1.29 bits per heavy atom. The molecular weight excluding hydrogens is 297 g/mol. The predicted octanol–water partition coefficient (Wildman–Crippen LogP) is 0.562. The molecule has 0 aromatic heterocycles. The van der Waals surface area contributed by atoms with Crippen LogP contribution in [0.5, 0.6) is 0 Å². The molecule has 1 rings (SSSR count). The molecule has 0 heterocycles. The van der Waals surface area contributed by atoms with Crippen LogP contribution in [0.25, 0.3) is 0 Å². The lowest BCUT2D eigenvalue weighted by molar-refractivity contribution is 0.256. The number of hydrogen-bond acceptors (Lipinski definition) is 4. The number of aliphatic hydroxyl groups excluding tert-OH is 2. The van der Waals surface area contributed by atoms with Crippen molar-refractivity contribution >= 4 is 10.0 Å². The first-order valence-corrected chi connectivity index (χ1v) is 7.91. The second-order valence-electron chi connectivity index (χ2n) is 4.14. The van der Waals surface area contributed by atoms with Crippen LogP contribution >= 0.6 is 0 Å². The zero-order chi connectivity index (χ0) is 15.9. The highest BCUT2D eigenvalue weighted by Crippen LogP contribution is 2.20. The molecule has 2 N–H and O–H groups in total. The van der Waals surface area contributed by atoms with Crippen LogP contribution in [-0.4, -0.2) is 49.2 Å². The van der Waals surface area contributed by atoms with E-state index in [9.17, 15) is 12.8 Å². The summed E-state index contributed by atoms with van der Waals surface area (Å²) < 4.78 is 39.5. The third kappa shape index (κ3) is 4.51. The molecule has 0 aliphatic carbocycles. The van der Waals surface area contributed by atoms with Gasteiger partial charge in [-0.25, -0.2) is 12.8 Å². The minimum Gasteiger partial charge on any atom is -0.395 e. The van der Waals surface area contributed by atoms with Gasteiger partial charge in [-0.3, -0.25) is 0 Å². The zero-order valence-corrected chi connectivity index (χ0v) is 12.5. The smallest absolute Gasteiger partial charge is 0.246 e. The Balaban J connectivity index is 3.12. The highest BCUT2D eigenvalue weighted by Gasteiger charge is 2.25. The summed E-state index contributed by atoms with van der Waals surface area (Å²) in [5.41, 5.74) is 0.338. The van der Waals surface area contributed by atoms with Crippen molar-refractivity contribution in [2.24, 2.45) is 0 Å². The van der Waals surface area contributed by atoms with E-state index >= 15 is 0 Å². The Morgan fingerprint density at radius 2 is 2.00 bits per heavy atom. The minimum atomic E-state index is -3.98. The molecule has 0 atom stereocenters. The lowest BCUT2D eigenvalue weighted by Crippen LogP contribution is -2.33. The van der Waals surface area contributed by atoms with Gasteiger partial charge in [0.25, 0.3) is 0 Å². The van der Waals surface area contributed by atoms with Gasteiger partial charge in [-0.2, -0.15) is 4.31 Å². The minimum absolute atomic E-state index is 0.0870. The van der Waals surface area contributed by atoms with Crippen molar-refractivity contribution in [1.29, 1.82) is 0 Å². The Labute approximate surface area is 124 Å². The molecule has 0 bridgehead atoms. The van der Waals surface area contributed by atoms with E-state index in [1.165, 1.54) is 6.07 Å². The standard InChI is InChI=1S/C14H18FNO4S/c1-2-16(8-10-18)21(19,20)14-7-6-12(11-13(14)15)5-3-4-9-17/h6-7,11,17-18H,2,4,8-10H2,1H3. The van der Waals surface area contributed by atoms with Gasteiger partial charge in [-0.1, -0.05) is 18.8 Å². The van der Waals surface area contributed by atoms with Gasteiger partial charge >= 0.3 is 0 Å². The fraction of sp³-hybridized carbons (Fsp3) is 0.429. The molecule has 0 amide bonds. The van der Waals surface area contributed by atoms with Crippen molar-refractivity contribution in [3.8, 4) is 11.8 Å². The second-order valence-corrected chi connectivity index (χ2v) is 6.05. The maximum Gasteiger partial charge on any atom is 0.246 e. The number of nitrogens with zero attached hydrogens (tertiary/aromatic N) is 1. The number of hydrogen-bond donors (Lipinski definition) is 2. The average molecular weight is 315 g/mol. The zero-order valence-electron chi connectivity index (χ0n) is 11.7. The number of rotatable bonds is 6. The van der Waals surface area contributed by atoms with E-state index in [4.69, 9.17) is 10.2 Å². The van der Waals surface area contributed by atoms with Gasteiger partial charge in [-0.05, 0) is 18.2 Å². The fourth-order valence-electron chi connectivity index (χ4n) is 1.71. The number of benzene rings is 1. The second kappa shape index (κ2) is 8.10. The highest BCUT2D eigenvalue weighted by molar-refractivity contribution is 7.89. The monoisotopic (exact) mass is 315 g/mol. The van der Waals surface area contributed by atoms with Gasteiger partial charge in [-0.15, -0.1) is 0 Å². The Kier molecular flexibility index (Phi) is 6.78. The maximum absolute atomic E-state index is 14.0. The molecule has 0 unspecified atom stereocenters. The summed E-state index contributed by atoms with van der Waals surface area (Å²) in [5.74, 6) is 4.38. The lowest BCUT2D eigenvalue weighted by atomic mass is 10.2. The lowest BCUT2D eigenvalue weighted by Gasteiger charge is -2.19. The van der Waals surface area contributed by atoms with Crippen LogP contribution in [0.2, 0.25) is 0 Å². The molecule has 116 valence electrons. The molecule has 0 spiro atoms. The summed E-state index contributed by atoms with van der Waals surface area (Å²) in [5, 5.41) is 17.5. The topological polar surface area (TPSA) is 77.8 Å². The molecule has 0 aliphatic rings. The molecule has 7 heteroatoms. The Morgan fingerprint density at radius 3 is 2.52 bits per heavy atom. The first kappa shape index (κ1) is 17.6. The summed E-state index contributed by atoms with van der Waals surface area (Å²) in [6.45, 7) is 1.24. The van der Waals surface area contributed by atoms with Crippen LogP contribution < -0.4 is 0 Å². The van der Waals surface area contributed by atoms with Gasteiger partial charge in [0, 0.05) is 25.1 Å². The van der Waals surface area contributed by atoms with Gasteiger partial charge in [0.1, 0.15) is 10.7 Å². The number of halogens is 1. The summed E-state index contributed by atoms with van der Waals surface area (Å²) in [6, 6.07) is 3.62. The van der Waals surface area contributed by atoms with Crippen molar-refractivity contribution in [2.45, 2.75) is 18.2 Å². The van der Waals surface area contributed by atoms with E-state index in [0.717, 1.165) is 16.4 Å². The Bertz CT molecular complexity index is 634. The van der Waals surface area contributed by atoms with E-state index in [0.29, 0.717) is 5.56 Å². The summed E-state index contributed by atoms with van der Waals surface area (Å²) in [6.07, 6.45) is 0.266. The SMILES string of the molecule is CCN(CCO)S(=O)(=O)c1ccc(C#CCCO)cc1F. The van der Waals surface area contributed by atoms with Crippen LogP contribution in [0.15, 0.2) is 23.1 Å². The first-order chi connectivity index (χ1) is 9.97. The van der Waals surface area contributed by atoms with Crippen molar-refractivity contribution < 1.29 is 23.0 Å². The molecule has 0 fully saturated rings. The third-order valence-corrected chi connectivity index (χ3v) is 4.73. The van der Waals surface area contributed by atoms with Gasteiger partial charge < -0.3 is 10.2 Å². The van der Waals surface area contributed by atoms with Crippen LogP contribution in [0.1, 0.15) is 18.9 Å². The van der Waals surface area contributed by atoms with Gasteiger partial charge in [0.2, 0.25) is 10.0 Å². The fourth-order valence-corrected chi connectivity index (χ4v) is 3.19. The van der Waals surface area contributed by atoms with E-state index < -0.39 is 20.7 Å². The summed E-state index contributed by atoms with van der Waals surface area (Å²) in [4.78, 5) is -0.439. The molecule has 0 aliphatic heterocycles.